The molecule has 0 radical (unpaired) electrons. The lowest BCUT2D eigenvalue weighted by atomic mass is 10.0. The lowest BCUT2D eigenvalue weighted by Crippen LogP contribution is -1.93. The van der Waals surface area contributed by atoms with Gasteiger partial charge in [-0.05, 0) is 42.4 Å². The average Bonchev–Trinajstić information content (AvgIpc) is 2.72. The summed E-state index contributed by atoms with van der Waals surface area (Å²) in [7, 11) is 1.22. The molecule has 1 aromatic rings. The summed E-state index contributed by atoms with van der Waals surface area (Å²) in [6.07, 6.45) is 8.47. The largest absolute Gasteiger partial charge is 0.494 e. The highest BCUT2D eigenvalue weighted by Crippen LogP contribution is 2.26. The number of hydrogen-bond acceptors (Lipinski definition) is 1. The molecule has 0 atom stereocenters. The summed E-state index contributed by atoms with van der Waals surface area (Å²) in [5, 5.41) is 0. The van der Waals surface area contributed by atoms with Crippen molar-refractivity contribution in [2.45, 2.75) is 39.0 Å². The maximum Gasteiger partial charge on any atom is 0.200 e. The molecule has 0 bridgehead atoms. The predicted octanol–water partition coefficient (Wildman–Crippen LogP) is 7.50. The zero-order valence-corrected chi connectivity index (χ0v) is 17.0. The van der Waals surface area contributed by atoms with Crippen molar-refractivity contribution in [3.05, 3.63) is 108 Å². The smallest absolute Gasteiger partial charge is 0.200 e. The van der Waals surface area contributed by atoms with Crippen molar-refractivity contribution in [1.29, 1.82) is 0 Å². The van der Waals surface area contributed by atoms with Crippen molar-refractivity contribution in [2.24, 2.45) is 0 Å². The molecular formula is C25H30F2O. The van der Waals surface area contributed by atoms with Crippen LogP contribution in [0.2, 0.25) is 0 Å². The van der Waals surface area contributed by atoms with Crippen LogP contribution < -0.4 is 0 Å². The second-order valence-corrected chi connectivity index (χ2v) is 6.67. The number of aryl methyl sites for hydroxylation is 2. The van der Waals surface area contributed by atoms with E-state index in [2.05, 4.69) is 62.2 Å². The summed E-state index contributed by atoms with van der Waals surface area (Å²) in [5.74, 6) is -2.70. The first-order chi connectivity index (χ1) is 13.3. The minimum atomic E-state index is -1.18. The highest BCUT2D eigenvalue weighted by Gasteiger charge is 2.14. The van der Waals surface area contributed by atoms with E-state index in [0.29, 0.717) is 0 Å². The number of benzene rings is 1. The molecule has 0 aliphatic heterocycles. The molecule has 0 aromatic heterocycles. The van der Waals surface area contributed by atoms with E-state index in [9.17, 15) is 8.78 Å². The lowest BCUT2D eigenvalue weighted by molar-refractivity contribution is 0.281. The molecule has 1 rings (SSSR count). The van der Waals surface area contributed by atoms with E-state index in [-0.39, 0.29) is 16.9 Å². The van der Waals surface area contributed by atoms with E-state index in [1.54, 1.807) is 12.2 Å². The van der Waals surface area contributed by atoms with Crippen LogP contribution in [0.5, 0.6) is 0 Å². The zero-order valence-electron chi connectivity index (χ0n) is 17.0. The molecule has 0 fully saturated rings. The van der Waals surface area contributed by atoms with Gasteiger partial charge in [-0.3, -0.25) is 0 Å². The summed E-state index contributed by atoms with van der Waals surface area (Å²) in [4.78, 5) is 0. The van der Waals surface area contributed by atoms with Crippen molar-refractivity contribution >= 4 is 0 Å². The van der Waals surface area contributed by atoms with Crippen LogP contribution in [-0.2, 0) is 17.6 Å². The van der Waals surface area contributed by atoms with Crippen LogP contribution in [0.25, 0.3) is 0 Å². The molecule has 150 valence electrons. The number of ether oxygens (including phenoxy) is 1. The fourth-order valence-corrected chi connectivity index (χ4v) is 2.45. The number of methoxy groups -OCH3 is 1. The van der Waals surface area contributed by atoms with Gasteiger partial charge >= 0.3 is 0 Å². The second kappa shape index (κ2) is 11.9. The predicted molar refractivity (Wildman–Crippen MR) is 115 cm³/mol. The average molecular weight is 385 g/mol. The second-order valence-electron chi connectivity index (χ2n) is 6.67. The maximum atomic E-state index is 14.0. The number of hydrogen-bond donors (Lipinski definition) is 0. The summed E-state index contributed by atoms with van der Waals surface area (Å²) in [5.41, 5.74) is 3.58. The fourth-order valence-electron chi connectivity index (χ4n) is 2.45. The summed E-state index contributed by atoms with van der Waals surface area (Å²) in [6, 6.07) is 8.64. The highest BCUT2D eigenvalue weighted by molar-refractivity contribution is 5.49. The molecule has 0 saturated carbocycles. The Morgan fingerprint density at radius 2 is 1.50 bits per heavy atom. The molecular weight excluding hydrogens is 354 g/mol. The Balaban J connectivity index is 2.58. The molecule has 0 N–H and O–H groups in total. The third kappa shape index (κ3) is 7.51. The van der Waals surface area contributed by atoms with Crippen LogP contribution in [0.3, 0.4) is 0 Å². The first-order valence-electron chi connectivity index (χ1n) is 9.40. The van der Waals surface area contributed by atoms with E-state index in [1.807, 2.05) is 0 Å². The van der Waals surface area contributed by atoms with E-state index >= 15 is 0 Å². The minimum absolute atomic E-state index is 0.151. The number of rotatable bonds is 12. The summed E-state index contributed by atoms with van der Waals surface area (Å²) in [6.45, 7) is 16.8. The van der Waals surface area contributed by atoms with Crippen LogP contribution >= 0.6 is 0 Å². The maximum absolute atomic E-state index is 14.0. The van der Waals surface area contributed by atoms with E-state index in [4.69, 9.17) is 0 Å². The number of halogens is 2. The van der Waals surface area contributed by atoms with Crippen LogP contribution in [0, 0.1) is 0 Å². The molecule has 0 saturated heterocycles. The Labute approximate surface area is 168 Å². The van der Waals surface area contributed by atoms with Gasteiger partial charge < -0.3 is 4.74 Å². The molecule has 0 spiro atoms. The number of allylic oxidation sites excluding steroid dienone is 7. The van der Waals surface area contributed by atoms with E-state index in [0.717, 1.165) is 24.8 Å². The third-order valence-corrected chi connectivity index (χ3v) is 4.43. The third-order valence-electron chi connectivity index (χ3n) is 4.43. The van der Waals surface area contributed by atoms with Crippen molar-refractivity contribution in [3.63, 3.8) is 0 Å². The first-order valence-corrected chi connectivity index (χ1v) is 9.40. The van der Waals surface area contributed by atoms with Crippen molar-refractivity contribution in [3.8, 4) is 0 Å². The van der Waals surface area contributed by atoms with Crippen molar-refractivity contribution < 1.29 is 13.5 Å². The van der Waals surface area contributed by atoms with Gasteiger partial charge in [0, 0.05) is 5.57 Å². The normalized spacial score (nSPS) is 11.9. The molecule has 1 aromatic carbocycles. The Kier molecular flexibility index (Phi) is 9.94. The van der Waals surface area contributed by atoms with Gasteiger partial charge in [-0.25, -0.2) is 4.39 Å². The summed E-state index contributed by atoms with van der Waals surface area (Å²) < 4.78 is 32.4. The van der Waals surface area contributed by atoms with Crippen LogP contribution in [-0.4, -0.2) is 7.11 Å². The standard InChI is InChI=1S/C25H30F2O/c1-7-8-9-22-14-16-23(17-15-22)13-11-18(2)10-12-19(3)20(4)24(26)25(27)21(5)28-6/h10,12,14-17H,2-5,7-9,11,13H2,1,6H3/b12-10-,25-24-. The van der Waals surface area contributed by atoms with Gasteiger partial charge in [0.2, 0.25) is 5.83 Å². The minimum Gasteiger partial charge on any atom is -0.494 e. The fraction of sp³-hybridized carbons (Fsp3) is 0.280. The van der Waals surface area contributed by atoms with Gasteiger partial charge in [-0.2, -0.15) is 4.39 Å². The molecule has 3 heteroatoms. The van der Waals surface area contributed by atoms with Gasteiger partial charge in [-0.15, -0.1) is 0 Å². The van der Waals surface area contributed by atoms with Gasteiger partial charge in [0.1, 0.15) is 5.76 Å². The molecule has 0 aliphatic carbocycles. The van der Waals surface area contributed by atoms with Crippen LogP contribution in [0.4, 0.5) is 8.78 Å². The SMILES string of the molecule is C=C(/C=C\C(=C)C(=C)/C(F)=C(/F)C(=C)OC)CCc1ccc(CCCC)cc1. The zero-order chi connectivity index (χ0) is 21.1. The quantitative estimate of drug-likeness (QED) is 0.268. The highest BCUT2D eigenvalue weighted by atomic mass is 19.2. The Hall–Kier alpha value is -2.68. The van der Waals surface area contributed by atoms with Crippen LogP contribution in [0.15, 0.2) is 96.9 Å². The van der Waals surface area contributed by atoms with E-state index in [1.165, 1.54) is 31.1 Å². The topological polar surface area (TPSA) is 9.23 Å². The van der Waals surface area contributed by atoms with Gasteiger partial charge in [0.05, 0.1) is 7.11 Å². The molecule has 0 unspecified atom stereocenters. The molecule has 28 heavy (non-hydrogen) atoms. The van der Waals surface area contributed by atoms with Gasteiger partial charge in [-0.1, -0.05) is 81.7 Å². The van der Waals surface area contributed by atoms with E-state index < -0.39 is 11.7 Å². The van der Waals surface area contributed by atoms with Gasteiger partial charge in [0.15, 0.2) is 5.83 Å². The molecule has 0 aliphatic rings. The molecule has 1 nitrogen and oxygen atoms in total. The lowest BCUT2D eigenvalue weighted by Gasteiger charge is -2.07. The monoisotopic (exact) mass is 384 g/mol. The number of unbranched alkanes of at least 4 members (excludes halogenated alkanes) is 1. The van der Waals surface area contributed by atoms with Crippen LogP contribution in [0.1, 0.15) is 37.3 Å². The summed E-state index contributed by atoms with van der Waals surface area (Å²) >= 11 is 0. The molecule has 0 amide bonds. The van der Waals surface area contributed by atoms with Crippen molar-refractivity contribution in [1.82, 2.24) is 0 Å². The first kappa shape index (κ1) is 23.4. The Bertz CT molecular complexity index is 779. The van der Waals surface area contributed by atoms with Gasteiger partial charge in [0.25, 0.3) is 0 Å². The Morgan fingerprint density at radius 1 is 0.929 bits per heavy atom. The molecule has 0 heterocycles. The Morgan fingerprint density at radius 3 is 2.04 bits per heavy atom. The van der Waals surface area contributed by atoms with Crippen molar-refractivity contribution in [2.75, 3.05) is 7.11 Å².